The molecule has 0 saturated carbocycles. The Balaban J connectivity index is 1.66. The molecule has 3 aromatic rings. The van der Waals surface area contributed by atoms with Crippen LogP contribution in [0.1, 0.15) is 10.4 Å². The summed E-state index contributed by atoms with van der Waals surface area (Å²) in [6.07, 6.45) is -4.74. The van der Waals surface area contributed by atoms with Crippen molar-refractivity contribution in [2.24, 2.45) is 0 Å². The highest BCUT2D eigenvalue weighted by Gasteiger charge is 2.30. The number of carbonyl (C=O) groups excluding carboxylic acids is 1. The number of hydrogen-bond acceptors (Lipinski definition) is 2. The third kappa shape index (κ3) is 4.63. The van der Waals surface area contributed by atoms with E-state index in [0.717, 1.165) is 23.3 Å². The molecule has 0 unspecified atom stereocenters. The van der Waals surface area contributed by atoms with Gasteiger partial charge in [-0.1, -0.05) is 42.5 Å². The lowest BCUT2D eigenvalue weighted by Crippen LogP contribution is -2.17. The zero-order valence-corrected chi connectivity index (χ0v) is 13.5. The first-order chi connectivity index (χ1) is 12.4. The van der Waals surface area contributed by atoms with Crippen LogP contribution in [0.4, 0.5) is 18.9 Å². The van der Waals surface area contributed by atoms with Gasteiger partial charge in [0.2, 0.25) is 0 Å². The minimum Gasteiger partial charge on any atom is -0.406 e. The molecule has 0 spiro atoms. The molecule has 26 heavy (non-hydrogen) atoms. The van der Waals surface area contributed by atoms with Gasteiger partial charge in [0.15, 0.2) is 0 Å². The number of hydrogen-bond donors (Lipinski definition) is 1. The van der Waals surface area contributed by atoms with Crippen LogP contribution in [-0.2, 0) is 0 Å². The Morgan fingerprint density at radius 1 is 0.769 bits per heavy atom. The van der Waals surface area contributed by atoms with E-state index in [1.54, 1.807) is 12.1 Å². The number of anilines is 1. The van der Waals surface area contributed by atoms with Crippen LogP contribution in [0.5, 0.6) is 5.75 Å². The Hall–Kier alpha value is -3.28. The quantitative estimate of drug-likeness (QED) is 0.669. The summed E-state index contributed by atoms with van der Waals surface area (Å²) in [5.41, 5.74) is 2.84. The summed E-state index contributed by atoms with van der Waals surface area (Å²) in [5, 5.41) is 2.63. The average Bonchev–Trinajstić information content (AvgIpc) is 2.63. The van der Waals surface area contributed by atoms with Crippen LogP contribution in [-0.4, -0.2) is 12.3 Å². The maximum absolute atomic E-state index is 12.3. The van der Waals surface area contributed by atoms with Crippen molar-refractivity contribution < 1.29 is 22.7 Å². The summed E-state index contributed by atoms with van der Waals surface area (Å²) in [6, 6.07) is 21.8. The molecule has 0 aromatic heterocycles. The van der Waals surface area contributed by atoms with Crippen LogP contribution < -0.4 is 10.1 Å². The molecule has 6 heteroatoms. The van der Waals surface area contributed by atoms with Gasteiger partial charge < -0.3 is 10.1 Å². The van der Waals surface area contributed by atoms with Crippen LogP contribution in [0.3, 0.4) is 0 Å². The molecular weight excluding hydrogens is 343 g/mol. The molecule has 3 aromatic carbocycles. The normalized spacial score (nSPS) is 11.0. The van der Waals surface area contributed by atoms with Crippen molar-refractivity contribution in [3.05, 3.63) is 84.4 Å². The van der Waals surface area contributed by atoms with Crippen molar-refractivity contribution in [3.8, 4) is 16.9 Å². The largest absolute Gasteiger partial charge is 0.573 e. The van der Waals surface area contributed by atoms with Crippen LogP contribution in [0.25, 0.3) is 11.1 Å². The molecule has 0 bridgehead atoms. The molecule has 3 rings (SSSR count). The third-order valence-electron chi connectivity index (χ3n) is 3.60. The molecule has 1 N–H and O–H groups in total. The molecule has 0 aliphatic carbocycles. The molecule has 0 atom stereocenters. The number of carbonyl (C=O) groups is 1. The monoisotopic (exact) mass is 357 g/mol. The standard InChI is InChI=1S/C20H14F3NO2/c21-20(22,23)26-18-12-10-17(11-13-18)24-19(25)16-8-6-15(7-9-16)14-4-2-1-3-5-14/h1-13H,(H,24,25). The van der Waals surface area contributed by atoms with Gasteiger partial charge in [-0.25, -0.2) is 0 Å². The lowest BCUT2D eigenvalue weighted by Gasteiger charge is -2.10. The Kier molecular flexibility index (Phi) is 4.93. The molecule has 0 saturated heterocycles. The highest BCUT2D eigenvalue weighted by atomic mass is 19.4. The molecular formula is C20H14F3NO2. The predicted molar refractivity (Wildman–Crippen MR) is 93.0 cm³/mol. The number of alkyl halides is 3. The smallest absolute Gasteiger partial charge is 0.406 e. The summed E-state index contributed by atoms with van der Waals surface area (Å²) in [7, 11) is 0. The first-order valence-electron chi connectivity index (χ1n) is 7.73. The maximum Gasteiger partial charge on any atom is 0.573 e. The fourth-order valence-corrected chi connectivity index (χ4v) is 2.39. The Labute approximate surface area is 148 Å². The van der Waals surface area contributed by atoms with Gasteiger partial charge in [0.05, 0.1) is 0 Å². The first kappa shape index (κ1) is 17.5. The summed E-state index contributed by atoms with van der Waals surface area (Å²) >= 11 is 0. The molecule has 0 aliphatic rings. The third-order valence-corrected chi connectivity index (χ3v) is 3.60. The molecule has 0 fully saturated rings. The number of amides is 1. The number of nitrogens with one attached hydrogen (secondary N) is 1. The fourth-order valence-electron chi connectivity index (χ4n) is 2.39. The van der Waals surface area contributed by atoms with E-state index in [9.17, 15) is 18.0 Å². The van der Waals surface area contributed by atoms with E-state index in [2.05, 4.69) is 10.1 Å². The van der Waals surface area contributed by atoms with Gasteiger partial charge in [0.25, 0.3) is 5.91 Å². The average molecular weight is 357 g/mol. The predicted octanol–water partition coefficient (Wildman–Crippen LogP) is 5.50. The molecule has 132 valence electrons. The van der Waals surface area contributed by atoms with Crippen molar-refractivity contribution in [1.29, 1.82) is 0 Å². The molecule has 1 amide bonds. The van der Waals surface area contributed by atoms with E-state index >= 15 is 0 Å². The Morgan fingerprint density at radius 2 is 1.35 bits per heavy atom. The number of ether oxygens (including phenoxy) is 1. The minimum atomic E-state index is -4.74. The van der Waals surface area contributed by atoms with Crippen LogP contribution in [0.2, 0.25) is 0 Å². The van der Waals surface area contributed by atoms with Gasteiger partial charge in [-0.15, -0.1) is 13.2 Å². The van der Waals surface area contributed by atoms with Crippen LogP contribution in [0.15, 0.2) is 78.9 Å². The van der Waals surface area contributed by atoms with E-state index in [1.165, 1.54) is 12.1 Å². The SMILES string of the molecule is O=C(Nc1ccc(OC(F)(F)F)cc1)c1ccc(-c2ccccc2)cc1. The van der Waals surface area contributed by atoms with Crippen LogP contribution >= 0.6 is 0 Å². The van der Waals surface area contributed by atoms with Gasteiger partial charge in [0.1, 0.15) is 5.75 Å². The van der Waals surface area contributed by atoms with Gasteiger partial charge in [-0.3, -0.25) is 4.79 Å². The number of benzene rings is 3. The van der Waals surface area contributed by atoms with Gasteiger partial charge in [-0.05, 0) is 47.5 Å². The molecule has 0 heterocycles. The van der Waals surface area contributed by atoms with E-state index in [4.69, 9.17) is 0 Å². The minimum absolute atomic E-state index is 0.345. The van der Waals surface area contributed by atoms with Crippen molar-refractivity contribution in [3.63, 3.8) is 0 Å². The summed E-state index contributed by atoms with van der Waals surface area (Å²) in [4.78, 5) is 12.3. The topological polar surface area (TPSA) is 38.3 Å². The summed E-state index contributed by atoms with van der Waals surface area (Å²) in [5.74, 6) is -0.697. The number of rotatable bonds is 4. The summed E-state index contributed by atoms with van der Waals surface area (Å²) < 4.78 is 40.2. The molecule has 0 radical (unpaired) electrons. The van der Waals surface area contributed by atoms with Crippen molar-refractivity contribution in [1.82, 2.24) is 0 Å². The molecule has 3 nitrogen and oxygen atoms in total. The maximum atomic E-state index is 12.3. The second-order valence-electron chi connectivity index (χ2n) is 5.47. The second kappa shape index (κ2) is 7.31. The molecule has 0 aliphatic heterocycles. The van der Waals surface area contributed by atoms with Crippen LogP contribution in [0, 0.1) is 0 Å². The number of halogens is 3. The van der Waals surface area contributed by atoms with Gasteiger partial charge in [0, 0.05) is 11.3 Å². The highest BCUT2D eigenvalue weighted by Crippen LogP contribution is 2.24. The van der Waals surface area contributed by atoms with Crippen molar-refractivity contribution in [2.75, 3.05) is 5.32 Å². The van der Waals surface area contributed by atoms with Crippen molar-refractivity contribution in [2.45, 2.75) is 6.36 Å². The van der Waals surface area contributed by atoms with Gasteiger partial charge >= 0.3 is 6.36 Å². The zero-order valence-electron chi connectivity index (χ0n) is 13.5. The first-order valence-corrected chi connectivity index (χ1v) is 7.73. The second-order valence-corrected chi connectivity index (χ2v) is 5.47. The van der Waals surface area contributed by atoms with E-state index in [0.29, 0.717) is 11.3 Å². The zero-order chi connectivity index (χ0) is 18.6. The fraction of sp³-hybridized carbons (Fsp3) is 0.0500. The highest BCUT2D eigenvalue weighted by molar-refractivity contribution is 6.04. The Morgan fingerprint density at radius 3 is 1.92 bits per heavy atom. The summed E-state index contributed by atoms with van der Waals surface area (Å²) in [6.45, 7) is 0. The Bertz CT molecular complexity index is 874. The lowest BCUT2D eigenvalue weighted by atomic mass is 10.0. The lowest BCUT2D eigenvalue weighted by molar-refractivity contribution is -0.274. The van der Waals surface area contributed by atoms with Gasteiger partial charge in [-0.2, -0.15) is 0 Å². The van der Waals surface area contributed by atoms with E-state index < -0.39 is 6.36 Å². The van der Waals surface area contributed by atoms with E-state index in [-0.39, 0.29) is 11.7 Å². The van der Waals surface area contributed by atoms with Crippen molar-refractivity contribution >= 4 is 11.6 Å². The van der Waals surface area contributed by atoms with E-state index in [1.807, 2.05) is 42.5 Å².